The van der Waals surface area contributed by atoms with Crippen molar-refractivity contribution in [3.63, 3.8) is 0 Å². The molecule has 6 aliphatic heterocycles. The number of likely N-dealkylation sites (tertiary alicyclic amines) is 1. The number of benzene rings is 4. The van der Waals surface area contributed by atoms with Crippen LogP contribution in [-0.2, 0) is 44.7 Å². The number of nitrogens with one attached hydrogen (secondary N) is 1. The van der Waals surface area contributed by atoms with Crippen LogP contribution in [0.4, 0.5) is 27.8 Å². The van der Waals surface area contributed by atoms with Crippen LogP contribution in [0.5, 0.6) is 12.0 Å². The summed E-state index contributed by atoms with van der Waals surface area (Å²) in [6.45, 7) is 31.4. The highest BCUT2D eigenvalue weighted by atomic mass is 28.4. The van der Waals surface area contributed by atoms with Crippen molar-refractivity contribution in [2.45, 2.75) is 153 Å². The zero-order valence-corrected chi connectivity index (χ0v) is 57.9. The summed E-state index contributed by atoms with van der Waals surface area (Å²) in [5.41, 5.74) is 5.54. The van der Waals surface area contributed by atoms with Gasteiger partial charge in [0, 0.05) is 92.2 Å². The Morgan fingerprint density at radius 1 is 0.635 bits per heavy atom. The van der Waals surface area contributed by atoms with Gasteiger partial charge in [-0.25, -0.2) is 4.79 Å². The topological polar surface area (TPSA) is 242 Å². The van der Waals surface area contributed by atoms with Gasteiger partial charge in [-0.15, -0.1) is 0 Å². The first-order valence-corrected chi connectivity index (χ1v) is 36.6. The summed E-state index contributed by atoms with van der Waals surface area (Å²) in [5.74, 6) is 1.22. The normalized spacial score (nSPS) is 21.3. The van der Waals surface area contributed by atoms with Crippen molar-refractivity contribution in [1.82, 2.24) is 40.0 Å². The van der Waals surface area contributed by atoms with E-state index in [0.717, 1.165) is 65.9 Å². The van der Waals surface area contributed by atoms with Crippen molar-refractivity contribution in [2.75, 3.05) is 98.3 Å². The highest BCUT2D eigenvalue weighted by molar-refractivity contribution is 6.74. The van der Waals surface area contributed by atoms with Gasteiger partial charge in [-0.1, -0.05) is 107 Å². The van der Waals surface area contributed by atoms with Crippen molar-refractivity contribution < 1.29 is 38.1 Å². The standard InChI is InChI=1S/C42H57N7O5Si.C31H35N7O3/c1-10-37(50)48-25-24-47(26-30(48)18-21-43)38-32-19-22-46(34-17-13-15-29-14-11-12-16-31(29)34)27-33(32)44-39(45-38)52-28-35-36(54-55(8,9)42(5,6)7)20-23-49(35)40(51)53-41(2,3)4;1-2-29(40)38-17-16-37(18-22(38)10-13-32)30-24-12-15-36(27-9-5-7-21-6-3-4-8-23(21)27)19-25(24)34-31(35-30)41-20-26-28(39)11-14-33-26/h10-17,30,35-36H,1,18-20,22-28H2,2-9H3;2-9,22,26,28,33,39H,1,10-12,14-20H2/t30-,35+,36-;22-,26+,28-/m00/s1. The molecule has 0 radical (unpaired) electrons. The average Bonchev–Trinajstić information content (AvgIpc) is 0.907. The van der Waals surface area contributed by atoms with E-state index in [1.807, 2.05) is 20.8 Å². The Bertz CT molecular complexity index is 3930. The molecule has 506 valence electrons. The number of hydrogen-bond donors (Lipinski definition) is 2. The van der Waals surface area contributed by atoms with E-state index in [0.29, 0.717) is 78.2 Å². The van der Waals surface area contributed by atoms with Gasteiger partial charge in [0.1, 0.15) is 30.5 Å². The van der Waals surface area contributed by atoms with E-state index in [4.69, 9.17) is 38.6 Å². The molecule has 2 N–H and O–H groups in total. The average molecular weight is 1320 g/mol. The molecule has 3 amide bonds. The Balaban J connectivity index is 0.000000203. The van der Waals surface area contributed by atoms with Gasteiger partial charge in [0.2, 0.25) is 11.8 Å². The predicted molar refractivity (Wildman–Crippen MR) is 375 cm³/mol. The van der Waals surface area contributed by atoms with Crippen molar-refractivity contribution in [3.8, 4) is 24.2 Å². The van der Waals surface area contributed by atoms with Crippen LogP contribution in [0, 0.1) is 22.7 Å². The van der Waals surface area contributed by atoms with Gasteiger partial charge in [0.05, 0.1) is 85.8 Å². The number of hydrogen-bond acceptors (Lipinski definition) is 19. The Labute approximate surface area is 565 Å². The molecule has 4 saturated heterocycles. The van der Waals surface area contributed by atoms with Gasteiger partial charge in [-0.3, -0.25) is 14.5 Å². The van der Waals surface area contributed by atoms with Crippen LogP contribution in [0.15, 0.2) is 110 Å². The molecule has 6 atom stereocenters. The monoisotopic (exact) mass is 1320 g/mol. The maximum absolute atomic E-state index is 13.6. The fourth-order valence-electron chi connectivity index (χ4n) is 13.8. The number of fused-ring (bicyclic) bond motifs is 4. The number of aromatic nitrogens is 4. The molecule has 4 aromatic carbocycles. The SMILES string of the molecule is C=CC(=O)N1CCN(c2nc(OC[C@@H]3[C@@H](O[Si](C)(C)C(C)(C)C)CCN3C(=O)OC(C)(C)C)nc3c2CCN(c2cccc4ccccc24)C3)C[C@@H]1CC#N.C=CC(=O)N1CCN(c2nc(OC[C@H]3NCC[C@@H]3O)nc3c2CCN(c2cccc4ccccc24)C3)C[C@@H]1CC#N. The van der Waals surface area contributed by atoms with Crippen LogP contribution < -0.4 is 34.4 Å². The van der Waals surface area contributed by atoms with Crippen LogP contribution in [0.3, 0.4) is 0 Å². The Morgan fingerprint density at radius 2 is 1.12 bits per heavy atom. The molecular formula is C73H92N14O8Si. The number of aliphatic hydroxyl groups is 1. The Morgan fingerprint density at radius 3 is 1.58 bits per heavy atom. The quantitative estimate of drug-likeness (QED) is 0.0677. The molecule has 12 rings (SSSR count). The van der Waals surface area contributed by atoms with Crippen LogP contribution in [-0.4, -0.2) is 187 Å². The Kier molecular flexibility index (Phi) is 20.9. The Hall–Kier alpha value is -8.87. The lowest BCUT2D eigenvalue weighted by Gasteiger charge is -2.42. The van der Waals surface area contributed by atoms with Crippen molar-refractivity contribution in [1.29, 1.82) is 10.5 Å². The second-order valence-corrected chi connectivity index (χ2v) is 33.0. The van der Waals surface area contributed by atoms with E-state index in [1.165, 1.54) is 39.4 Å². The molecule has 23 heteroatoms. The minimum Gasteiger partial charge on any atom is -0.462 e. The van der Waals surface area contributed by atoms with Crippen molar-refractivity contribution >= 4 is 70.8 Å². The second-order valence-electron chi connectivity index (χ2n) is 28.2. The van der Waals surface area contributed by atoms with Crippen LogP contribution >= 0.6 is 0 Å². The lowest BCUT2D eigenvalue weighted by Crippen LogP contribution is -2.55. The third-order valence-corrected chi connectivity index (χ3v) is 24.3. The number of nitrogens with zero attached hydrogens (tertiary/aromatic N) is 13. The molecule has 6 aliphatic rings. The molecule has 2 aromatic heterocycles. The molecule has 0 bridgehead atoms. The van der Waals surface area contributed by atoms with Crippen LogP contribution in [0.25, 0.3) is 21.5 Å². The first kappa shape index (κ1) is 68.5. The number of nitriles is 2. The van der Waals surface area contributed by atoms with Gasteiger partial charge >= 0.3 is 18.1 Å². The molecular weight excluding hydrogens is 1230 g/mol. The maximum Gasteiger partial charge on any atom is 0.410 e. The number of anilines is 4. The minimum absolute atomic E-state index is 0.0199. The number of rotatable bonds is 16. The van der Waals surface area contributed by atoms with Gasteiger partial charge in [0.15, 0.2) is 8.32 Å². The van der Waals surface area contributed by atoms with Crippen molar-refractivity contribution in [2.24, 2.45) is 0 Å². The number of ether oxygens (including phenoxy) is 3. The third-order valence-electron chi connectivity index (χ3n) is 19.8. The summed E-state index contributed by atoms with van der Waals surface area (Å²) in [6, 6.07) is 33.4. The summed E-state index contributed by atoms with van der Waals surface area (Å²) in [7, 11) is -2.21. The molecule has 4 fully saturated rings. The van der Waals surface area contributed by atoms with Crippen LogP contribution in [0.1, 0.15) is 89.7 Å². The number of aliphatic hydroxyl groups excluding tert-OH is 1. The first-order valence-electron chi connectivity index (χ1n) is 33.7. The van der Waals surface area contributed by atoms with Gasteiger partial charge in [0.25, 0.3) is 0 Å². The maximum atomic E-state index is 13.6. The molecule has 22 nitrogen and oxygen atoms in total. The molecule has 0 spiro atoms. The summed E-state index contributed by atoms with van der Waals surface area (Å²) in [5, 5.41) is 37.5. The number of carbonyl (C=O) groups excluding carboxylic acids is 3. The van der Waals surface area contributed by atoms with E-state index in [9.17, 15) is 30.0 Å². The van der Waals surface area contributed by atoms with Gasteiger partial charge < -0.3 is 58.5 Å². The highest BCUT2D eigenvalue weighted by Crippen LogP contribution is 2.41. The molecule has 8 heterocycles. The summed E-state index contributed by atoms with van der Waals surface area (Å²) < 4.78 is 25.5. The van der Waals surface area contributed by atoms with E-state index in [1.54, 1.807) is 14.7 Å². The zero-order chi connectivity index (χ0) is 68.1. The van der Waals surface area contributed by atoms with E-state index < -0.39 is 32.2 Å². The highest BCUT2D eigenvalue weighted by Gasteiger charge is 2.47. The fraction of sp³-hybridized carbons (Fsp3) is 0.493. The molecule has 0 saturated carbocycles. The second kappa shape index (κ2) is 29.2. The molecule has 96 heavy (non-hydrogen) atoms. The largest absolute Gasteiger partial charge is 0.462 e. The lowest BCUT2D eigenvalue weighted by atomic mass is 10.0. The summed E-state index contributed by atoms with van der Waals surface area (Å²) in [4.78, 5) is 73.0. The number of carbonyl (C=O) groups is 3. The lowest BCUT2D eigenvalue weighted by molar-refractivity contribution is -0.129. The zero-order valence-electron chi connectivity index (χ0n) is 56.9. The van der Waals surface area contributed by atoms with Crippen molar-refractivity contribution in [3.05, 3.63) is 133 Å². The number of piperazine rings is 2. The van der Waals surface area contributed by atoms with E-state index >= 15 is 0 Å². The summed E-state index contributed by atoms with van der Waals surface area (Å²) >= 11 is 0. The van der Waals surface area contributed by atoms with Gasteiger partial charge in [-0.2, -0.15) is 30.5 Å². The molecule has 0 aliphatic carbocycles. The molecule has 6 aromatic rings. The fourth-order valence-corrected chi connectivity index (χ4v) is 15.2. The van der Waals surface area contributed by atoms with E-state index in [-0.39, 0.29) is 79.2 Å². The van der Waals surface area contributed by atoms with Crippen LogP contribution in [0.2, 0.25) is 18.1 Å². The summed E-state index contributed by atoms with van der Waals surface area (Å²) in [6.07, 6.45) is 4.78. The molecule has 0 unspecified atom stereocenters. The minimum atomic E-state index is -2.21. The predicted octanol–water partition coefficient (Wildman–Crippen LogP) is 9.50. The first-order chi connectivity index (χ1) is 46.0. The van der Waals surface area contributed by atoms with E-state index in [2.05, 4.69) is 169 Å². The van der Waals surface area contributed by atoms with Gasteiger partial charge in [-0.05, 0) is 106 Å². The third kappa shape index (κ3) is 15.2. The smallest absolute Gasteiger partial charge is 0.410 e. The number of amides is 3.